The summed E-state index contributed by atoms with van der Waals surface area (Å²) < 4.78 is 0. The van der Waals surface area contributed by atoms with Crippen molar-refractivity contribution in [3.8, 4) is 0 Å². The molecule has 1 unspecified atom stereocenters. The molecule has 0 aliphatic rings. The smallest absolute Gasteiger partial charge is 0.00104 e. The third-order valence-electron chi connectivity index (χ3n) is 3.51. The average Bonchev–Trinajstić information content (AvgIpc) is 2.30. The topological polar surface area (TPSA) is 26.0 Å². The van der Waals surface area contributed by atoms with Crippen LogP contribution in [0.4, 0.5) is 0 Å². The predicted octanol–water partition coefficient (Wildman–Crippen LogP) is 6.00. The van der Waals surface area contributed by atoms with E-state index in [2.05, 4.69) is 13.8 Å². The van der Waals surface area contributed by atoms with Gasteiger partial charge in [0.05, 0.1) is 0 Å². The molecule has 0 saturated carbocycles. The molecular weight excluding hydrogens is 286 g/mol. The summed E-state index contributed by atoms with van der Waals surface area (Å²) in [4.78, 5) is 0. The van der Waals surface area contributed by atoms with E-state index in [1.165, 1.54) is 83.5 Å². The first-order valence-corrected chi connectivity index (χ1v) is 8.03. The molecule has 112 valence electrons. The Bertz CT molecular complexity index is 137. The molecule has 1 atom stereocenters. The molecule has 0 radical (unpaired) electrons. The molecule has 0 saturated heterocycles. The van der Waals surface area contributed by atoms with Crippen LogP contribution in [-0.2, 0) is 0 Å². The second-order valence-corrected chi connectivity index (χ2v) is 5.66. The van der Waals surface area contributed by atoms with Crippen molar-refractivity contribution in [2.24, 2.45) is 5.73 Å². The van der Waals surface area contributed by atoms with Gasteiger partial charge in [-0.2, -0.15) is 0 Å². The standard InChI is InChI=1S/C16H35N.BrH/c1-3-4-5-6-7-8-9-10-11-12-13-14-15-16(2)17;/h16H,3-15,17H2,1-2H3;1H. The van der Waals surface area contributed by atoms with Gasteiger partial charge in [0.1, 0.15) is 0 Å². The third kappa shape index (κ3) is 18.8. The van der Waals surface area contributed by atoms with E-state index in [-0.39, 0.29) is 17.0 Å². The normalized spacial score (nSPS) is 12.2. The summed E-state index contributed by atoms with van der Waals surface area (Å²) in [6, 6.07) is 0.401. The molecule has 2 N–H and O–H groups in total. The fraction of sp³-hybridized carbons (Fsp3) is 1.00. The van der Waals surface area contributed by atoms with Crippen LogP contribution in [0.3, 0.4) is 0 Å². The molecule has 18 heavy (non-hydrogen) atoms. The van der Waals surface area contributed by atoms with Gasteiger partial charge in [0.15, 0.2) is 0 Å². The molecule has 0 aliphatic heterocycles. The van der Waals surface area contributed by atoms with E-state index >= 15 is 0 Å². The first-order chi connectivity index (χ1) is 8.27. The van der Waals surface area contributed by atoms with Crippen molar-refractivity contribution < 1.29 is 0 Å². The van der Waals surface area contributed by atoms with E-state index in [0.29, 0.717) is 6.04 Å². The van der Waals surface area contributed by atoms with E-state index in [1.807, 2.05) is 0 Å². The molecule has 0 rings (SSSR count). The molecule has 0 bridgehead atoms. The lowest BCUT2D eigenvalue weighted by Crippen LogP contribution is -2.13. The van der Waals surface area contributed by atoms with E-state index in [9.17, 15) is 0 Å². The van der Waals surface area contributed by atoms with Crippen LogP contribution >= 0.6 is 17.0 Å². The van der Waals surface area contributed by atoms with E-state index < -0.39 is 0 Å². The minimum absolute atomic E-state index is 0. The zero-order valence-electron chi connectivity index (χ0n) is 12.8. The zero-order chi connectivity index (χ0) is 12.8. The number of unbranched alkanes of at least 4 members (excludes halogenated alkanes) is 11. The highest BCUT2D eigenvalue weighted by Crippen LogP contribution is 2.12. The Morgan fingerprint density at radius 3 is 1.33 bits per heavy atom. The Morgan fingerprint density at radius 1 is 0.667 bits per heavy atom. The summed E-state index contributed by atoms with van der Waals surface area (Å²) in [5, 5.41) is 0. The highest BCUT2D eigenvalue weighted by atomic mass is 79.9. The van der Waals surface area contributed by atoms with Gasteiger partial charge in [0.25, 0.3) is 0 Å². The average molecular weight is 322 g/mol. The summed E-state index contributed by atoms with van der Waals surface area (Å²) in [7, 11) is 0. The minimum atomic E-state index is 0. The van der Waals surface area contributed by atoms with Crippen LogP contribution in [-0.4, -0.2) is 6.04 Å². The Balaban J connectivity index is 0. The SMILES string of the molecule is Br.CCCCCCCCCCCCCCC(C)N. The molecule has 0 heterocycles. The molecule has 0 fully saturated rings. The van der Waals surface area contributed by atoms with Crippen LogP contribution in [0.15, 0.2) is 0 Å². The van der Waals surface area contributed by atoms with E-state index in [4.69, 9.17) is 5.73 Å². The highest BCUT2D eigenvalue weighted by molar-refractivity contribution is 8.93. The van der Waals surface area contributed by atoms with Crippen molar-refractivity contribution in [2.75, 3.05) is 0 Å². The quantitative estimate of drug-likeness (QED) is 0.413. The number of hydrogen-bond donors (Lipinski definition) is 1. The fourth-order valence-electron chi connectivity index (χ4n) is 2.31. The van der Waals surface area contributed by atoms with E-state index in [1.54, 1.807) is 0 Å². The van der Waals surface area contributed by atoms with Gasteiger partial charge in [-0.1, -0.05) is 84.0 Å². The first-order valence-electron chi connectivity index (χ1n) is 8.03. The third-order valence-corrected chi connectivity index (χ3v) is 3.51. The van der Waals surface area contributed by atoms with Gasteiger partial charge in [-0.3, -0.25) is 0 Å². The Kier molecular flexibility index (Phi) is 20.1. The second-order valence-electron chi connectivity index (χ2n) is 5.66. The van der Waals surface area contributed by atoms with Gasteiger partial charge in [0, 0.05) is 6.04 Å². The molecule has 2 heteroatoms. The maximum atomic E-state index is 5.72. The highest BCUT2D eigenvalue weighted by Gasteiger charge is 1.95. The molecule has 1 nitrogen and oxygen atoms in total. The van der Waals surface area contributed by atoms with Crippen molar-refractivity contribution in [2.45, 2.75) is 103 Å². The van der Waals surface area contributed by atoms with Gasteiger partial charge >= 0.3 is 0 Å². The first kappa shape index (κ1) is 20.8. The Hall–Kier alpha value is 0.440. The lowest BCUT2D eigenvalue weighted by atomic mass is 10.0. The predicted molar refractivity (Wildman–Crippen MR) is 89.7 cm³/mol. The molecule has 0 aliphatic carbocycles. The Labute approximate surface area is 126 Å². The summed E-state index contributed by atoms with van der Waals surface area (Å²) in [6.07, 6.45) is 18.3. The maximum Gasteiger partial charge on any atom is 0.00104 e. The molecule has 0 aromatic carbocycles. The van der Waals surface area contributed by atoms with Gasteiger partial charge in [0.2, 0.25) is 0 Å². The van der Waals surface area contributed by atoms with Crippen LogP contribution in [0.2, 0.25) is 0 Å². The summed E-state index contributed by atoms with van der Waals surface area (Å²) in [6.45, 7) is 4.39. The van der Waals surface area contributed by atoms with Crippen LogP contribution in [0.25, 0.3) is 0 Å². The Morgan fingerprint density at radius 2 is 1.00 bits per heavy atom. The lowest BCUT2D eigenvalue weighted by Gasteiger charge is -2.04. The minimum Gasteiger partial charge on any atom is -0.328 e. The molecule has 0 amide bonds. The largest absolute Gasteiger partial charge is 0.328 e. The van der Waals surface area contributed by atoms with E-state index in [0.717, 1.165) is 0 Å². The molecule has 0 aromatic heterocycles. The molecule has 0 aromatic rings. The number of rotatable bonds is 13. The molecule has 0 spiro atoms. The van der Waals surface area contributed by atoms with Crippen LogP contribution < -0.4 is 5.73 Å². The zero-order valence-corrected chi connectivity index (χ0v) is 14.5. The van der Waals surface area contributed by atoms with Gasteiger partial charge in [-0.05, 0) is 13.3 Å². The number of halogens is 1. The summed E-state index contributed by atoms with van der Waals surface area (Å²) in [5.41, 5.74) is 5.72. The lowest BCUT2D eigenvalue weighted by molar-refractivity contribution is 0.527. The summed E-state index contributed by atoms with van der Waals surface area (Å²) >= 11 is 0. The van der Waals surface area contributed by atoms with Crippen molar-refractivity contribution in [1.29, 1.82) is 0 Å². The number of hydrogen-bond acceptors (Lipinski definition) is 1. The maximum absolute atomic E-state index is 5.72. The fourth-order valence-corrected chi connectivity index (χ4v) is 2.31. The molecular formula is C16H36BrN. The summed E-state index contributed by atoms with van der Waals surface area (Å²) in [5.74, 6) is 0. The number of nitrogens with two attached hydrogens (primary N) is 1. The van der Waals surface area contributed by atoms with Gasteiger partial charge in [-0.15, -0.1) is 17.0 Å². The van der Waals surface area contributed by atoms with Crippen molar-refractivity contribution >= 4 is 17.0 Å². The van der Waals surface area contributed by atoms with Crippen LogP contribution in [0.5, 0.6) is 0 Å². The van der Waals surface area contributed by atoms with Crippen LogP contribution in [0.1, 0.15) is 97.3 Å². The van der Waals surface area contributed by atoms with Gasteiger partial charge < -0.3 is 5.73 Å². The second kappa shape index (κ2) is 17.4. The van der Waals surface area contributed by atoms with Crippen molar-refractivity contribution in [3.63, 3.8) is 0 Å². The monoisotopic (exact) mass is 321 g/mol. The van der Waals surface area contributed by atoms with Gasteiger partial charge in [-0.25, -0.2) is 0 Å². The van der Waals surface area contributed by atoms with Crippen molar-refractivity contribution in [1.82, 2.24) is 0 Å². The van der Waals surface area contributed by atoms with Crippen LogP contribution in [0, 0.1) is 0 Å². The van der Waals surface area contributed by atoms with Crippen molar-refractivity contribution in [3.05, 3.63) is 0 Å².